The van der Waals surface area contributed by atoms with Gasteiger partial charge >= 0.3 is 0 Å². The van der Waals surface area contributed by atoms with E-state index in [-0.39, 0.29) is 5.91 Å². The van der Waals surface area contributed by atoms with Gasteiger partial charge < -0.3 is 15.4 Å². The molecule has 1 aromatic heterocycles. The van der Waals surface area contributed by atoms with Crippen LogP contribution in [0.1, 0.15) is 37.7 Å². The van der Waals surface area contributed by atoms with Crippen LogP contribution in [0.3, 0.4) is 0 Å². The summed E-state index contributed by atoms with van der Waals surface area (Å²) in [6, 6.07) is 2.62. The van der Waals surface area contributed by atoms with Crippen molar-refractivity contribution < 1.29 is 9.53 Å². The standard InChI is InChI=1S/C16H23N3O2/c1-11(20)18-4-2-12-7-16(12)13-6-15(9-17-8-13)21-10-14-3-5-19-14/h6,8-9,12,14,16,19H,2-5,7,10H2,1H3,(H,18,20)/t12-,14+,16-/m0/s1. The summed E-state index contributed by atoms with van der Waals surface area (Å²) in [5, 5.41) is 6.18. The molecule has 0 unspecified atom stereocenters. The van der Waals surface area contributed by atoms with E-state index < -0.39 is 0 Å². The van der Waals surface area contributed by atoms with Crippen LogP contribution in [0.2, 0.25) is 0 Å². The fourth-order valence-corrected chi connectivity index (χ4v) is 2.81. The van der Waals surface area contributed by atoms with Gasteiger partial charge in [0.2, 0.25) is 5.91 Å². The molecule has 0 spiro atoms. The fourth-order valence-electron chi connectivity index (χ4n) is 2.81. The van der Waals surface area contributed by atoms with Crippen molar-refractivity contribution in [3.63, 3.8) is 0 Å². The Bertz CT molecular complexity index is 502. The number of nitrogens with one attached hydrogen (secondary N) is 2. The molecule has 2 fully saturated rings. The van der Waals surface area contributed by atoms with E-state index in [0.717, 1.165) is 31.9 Å². The van der Waals surface area contributed by atoms with Crippen molar-refractivity contribution in [1.29, 1.82) is 0 Å². The maximum atomic E-state index is 10.9. The van der Waals surface area contributed by atoms with Gasteiger partial charge in [-0.05, 0) is 49.3 Å². The molecule has 3 atom stereocenters. The quantitative estimate of drug-likeness (QED) is 0.797. The van der Waals surface area contributed by atoms with Crippen molar-refractivity contribution in [2.45, 2.75) is 38.1 Å². The van der Waals surface area contributed by atoms with Gasteiger partial charge in [-0.2, -0.15) is 0 Å². The number of ether oxygens (including phenoxy) is 1. The third-order valence-electron chi connectivity index (χ3n) is 4.35. The first-order chi connectivity index (χ1) is 10.2. The van der Waals surface area contributed by atoms with Gasteiger partial charge in [0.05, 0.1) is 6.20 Å². The average molecular weight is 289 g/mol. The summed E-state index contributed by atoms with van der Waals surface area (Å²) in [4.78, 5) is 15.2. The first kappa shape index (κ1) is 14.3. The van der Waals surface area contributed by atoms with Crippen molar-refractivity contribution in [1.82, 2.24) is 15.6 Å². The van der Waals surface area contributed by atoms with Crippen LogP contribution < -0.4 is 15.4 Å². The van der Waals surface area contributed by atoms with Crippen molar-refractivity contribution in [2.75, 3.05) is 19.7 Å². The van der Waals surface area contributed by atoms with E-state index in [4.69, 9.17) is 4.74 Å². The van der Waals surface area contributed by atoms with Crippen molar-refractivity contribution in [2.24, 2.45) is 5.92 Å². The maximum absolute atomic E-state index is 10.9. The number of carbonyl (C=O) groups is 1. The van der Waals surface area contributed by atoms with E-state index >= 15 is 0 Å². The third kappa shape index (κ3) is 3.94. The second-order valence-corrected chi connectivity index (χ2v) is 6.08. The number of hydrogen-bond donors (Lipinski definition) is 2. The van der Waals surface area contributed by atoms with Crippen LogP contribution in [0.5, 0.6) is 5.75 Å². The molecule has 114 valence electrons. The predicted octanol–water partition coefficient (Wildman–Crippen LogP) is 1.45. The van der Waals surface area contributed by atoms with Crippen molar-refractivity contribution in [3.05, 3.63) is 24.0 Å². The molecule has 2 heterocycles. The summed E-state index contributed by atoms with van der Waals surface area (Å²) in [6.07, 6.45) is 7.16. The van der Waals surface area contributed by atoms with Crippen LogP contribution in [-0.2, 0) is 4.79 Å². The van der Waals surface area contributed by atoms with Crippen LogP contribution >= 0.6 is 0 Å². The van der Waals surface area contributed by atoms with Gasteiger partial charge in [0.1, 0.15) is 12.4 Å². The van der Waals surface area contributed by atoms with Crippen molar-refractivity contribution >= 4 is 5.91 Å². The van der Waals surface area contributed by atoms with Gasteiger partial charge in [0.25, 0.3) is 0 Å². The lowest BCUT2D eigenvalue weighted by Crippen LogP contribution is -2.46. The molecule has 2 aliphatic rings. The lowest BCUT2D eigenvalue weighted by atomic mass is 10.1. The molecule has 0 radical (unpaired) electrons. The SMILES string of the molecule is CC(=O)NCC[C@H]1C[C@@H]1c1cncc(OC[C@H]2CCN2)c1. The number of rotatable bonds is 7. The van der Waals surface area contributed by atoms with E-state index in [0.29, 0.717) is 17.9 Å². The Hall–Kier alpha value is -1.62. The minimum atomic E-state index is 0.0499. The number of amides is 1. The van der Waals surface area contributed by atoms with Crippen molar-refractivity contribution in [3.8, 4) is 5.75 Å². The lowest BCUT2D eigenvalue weighted by molar-refractivity contribution is -0.118. The van der Waals surface area contributed by atoms with Gasteiger partial charge in [-0.15, -0.1) is 0 Å². The summed E-state index contributed by atoms with van der Waals surface area (Å²) in [6.45, 7) is 4.16. The minimum Gasteiger partial charge on any atom is -0.490 e. The molecule has 1 saturated carbocycles. The van der Waals surface area contributed by atoms with Crippen LogP contribution in [0.15, 0.2) is 18.5 Å². The summed E-state index contributed by atoms with van der Waals surface area (Å²) in [5.41, 5.74) is 1.27. The molecule has 1 aliphatic heterocycles. The highest BCUT2D eigenvalue weighted by Crippen LogP contribution is 2.49. The molecule has 1 aliphatic carbocycles. The zero-order valence-electron chi connectivity index (χ0n) is 12.5. The summed E-state index contributed by atoms with van der Waals surface area (Å²) >= 11 is 0. The normalized spacial score (nSPS) is 26.8. The zero-order valence-corrected chi connectivity index (χ0v) is 12.5. The molecule has 0 bridgehead atoms. The Morgan fingerprint density at radius 1 is 1.52 bits per heavy atom. The average Bonchev–Trinajstić information content (AvgIpc) is 3.16. The Kier molecular flexibility index (Phi) is 4.39. The van der Waals surface area contributed by atoms with Crippen LogP contribution in [0.4, 0.5) is 0 Å². The second-order valence-electron chi connectivity index (χ2n) is 6.08. The topological polar surface area (TPSA) is 63.2 Å². The van der Waals surface area contributed by atoms with E-state index in [2.05, 4.69) is 21.7 Å². The highest BCUT2D eigenvalue weighted by molar-refractivity contribution is 5.72. The molecule has 5 nitrogen and oxygen atoms in total. The number of aromatic nitrogens is 1. The minimum absolute atomic E-state index is 0.0499. The summed E-state index contributed by atoms with van der Waals surface area (Å²) in [7, 11) is 0. The van der Waals surface area contributed by atoms with Gasteiger partial charge in [-0.25, -0.2) is 0 Å². The third-order valence-corrected chi connectivity index (χ3v) is 4.35. The Morgan fingerprint density at radius 3 is 3.10 bits per heavy atom. The van der Waals surface area contributed by atoms with Gasteiger partial charge in [-0.3, -0.25) is 9.78 Å². The predicted molar refractivity (Wildman–Crippen MR) is 80.3 cm³/mol. The van der Waals surface area contributed by atoms with E-state index in [1.807, 2.05) is 6.20 Å². The number of hydrogen-bond acceptors (Lipinski definition) is 4. The molecule has 1 saturated heterocycles. The summed E-state index contributed by atoms with van der Waals surface area (Å²) < 4.78 is 5.79. The number of carbonyl (C=O) groups excluding carboxylic acids is 1. The summed E-state index contributed by atoms with van der Waals surface area (Å²) in [5.74, 6) is 2.17. The highest BCUT2D eigenvalue weighted by Gasteiger charge is 2.38. The first-order valence-electron chi connectivity index (χ1n) is 7.78. The van der Waals surface area contributed by atoms with Crippen LogP contribution in [0.25, 0.3) is 0 Å². The van der Waals surface area contributed by atoms with E-state index in [1.165, 1.54) is 18.4 Å². The van der Waals surface area contributed by atoms with Gasteiger partial charge in [0, 0.05) is 25.7 Å². The van der Waals surface area contributed by atoms with Crippen LogP contribution in [-0.4, -0.2) is 36.6 Å². The molecule has 0 aromatic carbocycles. The Balaban J connectivity index is 1.46. The maximum Gasteiger partial charge on any atom is 0.216 e. The van der Waals surface area contributed by atoms with Gasteiger partial charge in [-0.1, -0.05) is 0 Å². The molecular weight excluding hydrogens is 266 g/mol. The molecule has 3 rings (SSSR count). The monoisotopic (exact) mass is 289 g/mol. The van der Waals surface area contributed by atoms with E-state index in [9.17, 15) is 4.79 Å². The van der Waals surface area contributed by atoms with Gasteiger partial charge in [0.15, 0.2) is 0 Å². The van der Waals surface area contributed by atoms with Crippen LogP contribution in [0, 0.1) is 5.92 Å². The highest BCUT2D eigenvalue weighted by atomic mass is 16.5. The molecule has 1 amide bonds. The first-order valence-corrected chi connectivity index (χ1v) is 7.78. The zero-order chi connectivity index (χ0) is 14.7. The lowest BCUT2D eigenvalue weighted by Gasteiger charge is -2.27. The number of nitrogens with zero attached hydrogens (tertiary/aromatic N) is 1. The van der Waals surface area contributed by atoms with E-state index in [1.54, 1.807) is 13.1 Å². The largest absolute Gasteiger partial charge is 0.490 e. The Morgan fingerprint density at radius 2 is 2.38 bits per heavy atom. The second kappa shape index (κ2) is 6.43. The molecule has 21 heavy (non-hydrogen) atoms. The molecular formula is C16H23N3O2. The molecule has 2 N–H and O–H groups in total. The smallest absolute Gasteiger partial charge is 0.216 e. The molecule has 5 heteroatoms. The molecule has 1 aromatic rings. The number of pyridine rings is 1. The Labute approximate surface area is 125 Å². The fraction of sp³-hybridized carbons (Fsp3) is 0.625.